The summed E-state index contributed by atoms with van der Waals surface area (Å²) < 4.78 is 4.83. The quantitative estimate of drug-likeness (QED) is 0.227. The summed E-state index contributed by atoms with van der Waals surface area (Å²) in [6.07, 6.45) is 3.79. The smallest absolute Gasteiger partial charge is 0.0562 e. The lowest BCUT2D eigenvalue weighted by Crippen LogP contribution is -1.96. The number of fused-ring (bicyclic) bond motifs is 9. The molecule has 3 heterocycles. The lowest BCUT2D eigenvalue weighted by Gasteiger charge is -2.11. The molecule has 0 aliphatic heterocycles. The molecule has 0 saturated carbocycles. The SMILES string of the molecule is c1ccc(-n2c3cc4c(cc3c3c5ccccc5ccc32)c2ccccc2n4-c2ccc3cnccc3c2)cc1. The Kier molecular flexibility index (Phi) is 4.33. The van der Waals surface area contributed by atoms with Gasteiger partial charge in [0, 0.05) is 50.7 Å². The Morgan fingerprint density at radius 2 is 1.15 bits per heavy atom. The maximum absolute atomic E-state index is 4.31. The number of aromatic nitrogens is 3. The number of hydrogen-bond acceptors (Lipinski definition) is 1. The van der Waals surface area contributed by atoms with Crippen molar-refractivity contribution >= 4 is 65.2 Å². The summed E-state index contributed by atoms with van der Waals surface area (Å²) in [5, 5.41) is 9.97. The van der Waals surface area contributed by atoms with Crippen molar-refractivity contribution in [2.24, 2.45) is 0 Å². The third-order valence-corrected chi connectivity index (χ3v) is 8.34. The monoisotopic (exact) mass is 509 g/mol. The van der Waals surface area contributed by atoms with Crippen LogP contribution >= 0.6 is 0 Å². The van der Waals surface area contributed by atoms with Crippen LogP contribution in [0.5, 0.6) is 0 Å². The first-order valence-corrected chi connectivity index (χ1v) is 13.6. The lowest BCUT2D eigenvalue weighted by molar-refractivity contribution is 1.17. The molecule has 186 valence electrons. The van der Waals surface area contributed by atoms with E-state index >= 15 is 0 Å². The molecular weight excluding hydrogens is 486 g/mol. The zero-order chi connectivity index (χ0) is 26.2. The summed E-state index contributed by atoms with van der Waals surface area (Å²) in [4.78, 5) is 4.31. The number of pyridine rings is 1. The van der Waals surface area contributed by atoms with Crippen LogP contribution in [0.15, 0.2) is 140 Å². The average molecular weight is 510 g/mol. The molecule has 0 radical (unpaired) electrons. The van der Waals surface area contributed by atoms with Crippen molar-refractivity contribution in [1.29, 1.82) is 0 Å². The van der Waals surface area contributed by atoms with E-state index < -0.39 is 0 Å². The highest BCUT2D eigenvalue weighted by Crippen LogP contribution is 2.41. The topological polar surface area (TPSA) is 22.8 Å². The normalized spacial score (nSPS) is 12.0. The summed E-state index contributed by atoms with van der Waals surface area (Å²) in [5.41, 5.74) is 7.15. The lowest BCUT2D eigenvalue weighted by atomic mass is 10.0. The van der Waals surface area contributed by atoms with Crippen LogP contribution in [0.3, 0.4) is 0 Å². The fraction of sp³-hybridized carbons (Fsp3) is 0. The Morgan fingerprint density at radius 1 is 0.400 bits per heavy atom. The van der Waals surface area contributed by atoms with Crippen molar-refractivity contribution in [3.05, 3.63) is 140 Å². The van der Waals surface area contributed by atoms with Crippen LogP contribution in [0.1, 0.15) is 0 Å². The molecule has 0 saturated heterocycles. The molecule has 3 aromatic heterocycles. The number of nitrogens with zero attached hydrogens (tertiary/aromatic N) is 3. The third kappa shape index (κ3) is 2.92. The van der Waals surface area contributed by atoms with Crippen molar-refractivity contribution < 1.29 is 0 Å². The highest BCUT2D eigenvalue weighted by Gasteiger charge is 2.19. The third-order valence-electron chi connectivity index (χ3n) is 8.34. The summed E-state index contributed by atoms with van der Waals surface area (Å²) in [7, 11) is 0. The predicted molar refractivity (Wildman–Crippen MR) is 168 cm³/mol. The van der Waals surface area contributed by atoms with Crippen LogP contribution in [0.4, 0.5) is 0 Å². The average Bonchev–Trinajstić information content (AvgIpc) is 3.52. The van der Waals surface area contributed by atoms with Gasteiger partial charge in [0.15, 0.2) is 0 Å². The fourth-order valence-electron chi connectivity index (χ4n) is 6.59. The second-order valence-electron chi connectivity index (χ2n) is 10.5. The second kappa shape index (κ2) is 8.05. The van der Waals surface area contributed by atoms with Crippen LogP contribution < -0.4 is 0 Å². The highest BCUT2D eigenvalue weighted by atomic mass is 15.0. The molecule has 0 aliphatic rings. The van der Waals surface area contributed by atoms with Crippen LogP contribution in [0, 0.1) is 0 Å². The number of hydrogen-bond donors (Lipinski definition) is 0. The van der Waals surface area contributed by atoms with Crippen LogP contribution in [-0.2, 0) is 0 Å². The van der Waals surface area contributed by atoms with E-state index in [0.717, 1.165) is 16.8 Å². The zero-order valence-electron chi connectivity index (χ0n) is 21.6. The molecule has 9 aromatic rings. The van der Waals surface area contributed by atoms with E-state index in [4.69, 9.17) is 0 Å². The van der Waals surface area contributed by atoms with Gasteiger partial charge in [0.2, 0.25) is 0 Å². The first kappa shape index (κ1) is 21.5. The summed E-state index contributed by atoms with van der Waals surface area (Å²) >= 11 is 0. The first-order valence-electron chi connectivity index (χ1n) is 13.6. The molecule has 0 spiro atoms. The number of benzene rings is 6. The Hall–Kier alpha value is -5.41. The van der Waals surface area contributed by atoms with Gasteiger partial charge >= 0.3 is 0 Å². The minimum atomic E-state index is 1.14. The maximum atomic E-state index is 4.31. The van der Waals surface area contributed by atoms with Gasteiger partial charge in [-0.15, -0.1) is 0 Å². The summed E-state index contributed by atoms with van der Waals surface area (Å²) in [5.74, 6) is 0. The Bertz CT molecular complexity index is 2430. The molecule has 0 N–H and O–H groups in total. The van der Waals surface area contributed by atoms with Crippen molar-refractivity contribution in [2.75, 3.05) is 0 Å². The van der Waals surface area contributed by atoms with Gasteiger partial charge in [-0.3, -0.25) is 4.98 Å². The van der Waals surface area contributed by atoms with E-state index in [1.54, 1.807) is 0 Å². The van der Waals surface area contributed by atoms with E-state index in [9.17, 15) is 0 Å². The van der Waals surface area contributed by atoms with Gasteiger partial charge in [-0.1, -0.05) is 72.8 Å². The molecule has 0 atom stereocenters. The van der Waals surface area contributed by atoms with Gasteiger partial charge in [-0.05, 0) is 70.8 Å². The van der Waals surface area contributed by atoms with E-state index in [2.05, 4.69) is 142 Å². The first-order chi connectivity index (χ1) is 19.8. The van der Waals surface area contributed by atoms with E-state index in [0.29, 0.717) is 0 Å². The van der Waals surface area contributed by atoms with E-state index in [1.165, 1.54) is 59.8 Å². The zero-order valence-corrected chi connectivity index (χ0v) is 21.6. The molecule has 0 aliphatic carbocycles. The van der Waals surface area contributed by atoms with Crippen molar-refractivity contribution in [3.8, 4) is 11.4 Å². The Balaban J connectivity index is 1.49. The molecule has 3 nitrogen and oxygen atoms in total. The fourth-order valence-corrected chi connectivity index (χ4v) is 6.59. The largest absolute Gasteiger partial charge is 0.309 e. The minimum Gasteiger partial charge on any atom is -0.309 e. The summed E-state index contributed by atoms with van der Waals surface area (Å²) in [6, 6.07) is 46.3. The van der Waals surface area contributed by atoms with Crippen LogP contribution in [-0.4, -0.2) is 14.1 Å². The Labute approximate surface area is 230 Å². The van der Waals surface area contributed by atoms with Gasteiger partial charge in [0.25, 0.3) is 0 Å². The van der Waals surface area contributed by atoms with Gasteiger partial charge in [-0.2, -0.15) is 0 Å². The van der Waals surface area contributed by atoms with E-state index in [-0.39, 0.29) is 0 Å². The predicted octanol–water partition coefficient (Wildman–Crippen LogP) is 9.58. The second-order valence-corrected chi connectivity index (χ2v) is 10.5. The number of para-hydroxylation sites is 2. The molecule has 9 rings (SSSR count). The van der Waals surface area contributed by atoms with Crippen molar-refractivity contribution in [1.82, 2.24) is 14.1 Å². The number of rotatable bonds is 2. The van der Waals surface area contributed by atoms with Crippen molar-refractivity contribution in [3.63, 3.8) is 0 Å². The molecule has 0 fully saturated rings. The molecule has 0 bridgehead atoms. The van der Waals surface area contributed by atoms with Crippen molar-refractivity contribution in [2.45, 2.75) is 0 Å². The highest BCUT2D eigenvalue weighted by molar-refractivity contribution is 6.25. The molecule has 40 heavy (non-hydrogen) atoms. The maximum Gasteiger partial charge on any atom is 0.0562 e. The Morgan fingerprint density at radius 3 is 2.08 bits per heavy atom. The molecule has 0 unspecified atom stereocenters. The van der Waals surface area contributed by atoms with E-state index in [1.807, 2.05) is 12.4 Å². The molecule has 3 heteroatoms. The molecule has 6 aromatic carbocycles. The molecule has 0 amide bonds. The van der Waals surface area contributed by atoms with Gasteiger partial charge in [0.1, 0.15) is 0 Å². The standard InChI is InChI=1S/C37H23N3/c1-2-9-27(10-3-1)39-34-17-15-24-8-4-5-11-29(24)37(34)32-21-31-30-12-6-7-13-33(30)40(35(31)22-36(32)39)28-16-14-26-23-38-19-18-25(26)20-28/h1-23H. The van der Waals surface area contributed by atoms with Gasteiger partial charge < -0.3 is 9.13 Å². The van der Waals surface area contributed by atoms with Crippen LogP contribution in [0.2, 0.25) is 0 Å². The van der Waals surface area contributed by atoms with Gasteiger partial charge in [-0.25, -0.2) is 0 Å². The molecular formula is C37H23N3. The van der Waals surface area contributed by atoms with Gasteiger partial charge in [0.05, 0.1) is 22.1 Å². The minimum absolute atomic E-state index is 1.14. The van der Waals surface area contributed by atoms with Crippen LogP contribution in [0.25, 0.3) is 76.5 Å². The summed E-state index contributed by atoms with van der Waals surface area (Å²) in [6.45, 7) is 0.